The average molecular weight is 437 g/mol. The van der Waals surface area contributed by atoms with Crippen molar-refractivity contribution in [3.05, 3.63) is 75.8 Å². The molecular weight excluding hydrogens is 400 g/mol. The molecule has 2 saturated carbocycles. The van der Waals surface area contributed by atoms with Crippen molar-refractivity contribution >= 4 is 11.6 Å². The van der Waals surface area contributed by atoms with Crippen molar-refractivity contribution < 1.29 is 4.74 Å². The van der Waals surface area contributed by atoms with E-state index in [0.29, 0.717) is 5.92 Å². The van der Waals surface area contributed by atoms with Crippen molar-refractivity contribution in [2.75, 3.05) is 6.61 Å². The molecule has 2 aliphatic rings. The number of halogens is 1. The molecule has 2 aromatic rings. The van der Waals surface area contributed by atoms with Crippen LogP contribution >= 0.6 is 11.6 Å². The van der Waals surface area contributed by atoms with Gasteiger partial charge in [-0.2, -0.15) is 0 Å². The molecule has 0 spiro atoms. The molecule has 0 unspecified atom stereocenters. The Bertz CT molecular complexity index is 878. The van der Waals surface area contributed by atoms with E-state index < -0.39 is 0 Å². The first-order chi connectivity index (χ1) is 15.1. The fourth-order valence-corrected chi connectivity index (χ4v) is 5.27. The van der Waals surface area contributed by atoms with Crippen LogP contribution in [0.5, 0.6) is 5.75 Å². The van der Waals surface area contributed by atoms with Gasteiger partial charge in [0.15, 0.2) is 0 Å². The summed E-state index contributed by atoms with van der Waals surface area (Å²) >= 11 is 6.60. The molecule has 0 heterocycles. The Balaban J connectivity index is 1.38. The summed E-state index contributed by atoms with van der Waals surface area (Å²) in [6, 6.07) is 15.3. The van der Waals surface area contributed by atoms with E-state index in [-0.39, 0.29) is 0 Å². The summed E-state index contributed by atoms with van der Waals surface area (Å²) in [4.78, 5) is 0. The van der Waals surface area contributed by atoms with Gasteiger partial charge >= 0.3 is 0 Å². The summed E-state index contributed by atoms with van der Waals surface area (Å²) in [5, 5.41) is 0.873. The number of hydrogen-bond donors (Lipinski definition) is 0. The molecule has 0 aromatic heterocycles. The van der Waals surface area contributed by atoms with E-state index >= 15 is 0 Å². The lowest BCUT2D eigenvalue weighted by Crippen LogP contribution is -2.14. The lowest BCUT2D eigenvalue weighted by Gasteiger charge is -2.30. The molecule has 2 atom stereocenters. The highest BCUT2D eigenvalue weighted by Gasteiger charge is 2.24. The number of hydrogen-bond acceptors (Lipinski definition) is 1. The van der Waals surface area contributed by atoms with Crippen LogP contribution in [0.4, 0.5) is 0 Å². The fourth-order valence-electron chi connectivity index (χ4n) is 5.09. The zero-order valence-electron chi connectivity index (χ0n) is 19.2. The van der Waals surface area contributed by atoms with Gasteiger partial charge < -0.3 is 4.74 Å². The molecule has 2 aromatic carbocycles. The van der Waals surface area contributed by atoms with Gasteiger partial charge in [-0.25, -0.2) is 0 Å². The molecule has 0 saturated heterocycles. The Labute approximate surface area is 193 Å². The molecule has 0 N–H and O–H groups in total. The molecular formula is C29H37ClO. The summed E-state index contributed by atoms with van der Waals surface area (Å²) < 4.78 is 5.92. The molecule has 4 rings (SSSR count). The first-order valence-electron chi connectivity index (χ1n) is 12.3. The van der Waals surface area contributed by atoms with Crippen LogP contribution in [0.1, 0.15) is 87.8 Å². The van der Waals surface area contributed by atoms with E-state index in [2.05, 4.69) is 62.4 Å². The van der Waals surface area contributed by atoms with Gasteiger partial charge in [0, 0.05) is 5.02 Å². The van der Waals surface area contributed by atoms with Gasteiger partial charge in [0.2, 0.25) is 0 Å². The zero-order valence-corrected chi connectivity index (χ0v) is 20.0. The molecule has 2 aliphatic carbocycles. The summed E-state index contributed by atoms with van der Waals surface area (Å²) in [7, 11) is 0. The molecule has 2 fully saturated rings. The second kappa shape index (κ2) is 10.7. The van der Waals surface area contributed by atoms with Crippen LogP contribution < -0.4 is 4.74 Å². The first-order valence-corrected chi connectivity index (χ1v) is 12.7. The topological polar surface area (TPSA) is 9.23 Å². The maximum absolute atomic E-state index is 6.60. The molecule has 0 amide bonds. The Morgan fingerprint density at radius 2 is 1.87 bits per heavy atom. The highest BCUT2D eigenvalue weighted by molar-refractivity contribution is 6.31. The summed E-state index contributed by atoms with van der Waals surface area (Å²) in [5.41, 5.74) is 5.60. The monoisotopic (exact) mass is 436 g/mol. The maximum atomic E-state index is 6.60. The standard InChI is InChI=1S/C29H37ClO/c1-3-5-24-16-21(2)17-26(19-24)25-11-14-29(30)27(20-25)18-23-9-12-28(13-10-23)31-15-4-6-22-7-8-22/h5,9-14,20-22,26H,3-4,6-8,15-19H2,1-2H3/b24-5+/t21-,26-/m0/s1. The third-order valence-corrected chi connectivity index (χ3v) is 7.25. The van der Waals surface area contributed by atoms with Crippen LogP contribution in [-0.2, 0) is 6.42 Å². The normalized spacial score (nSPS) is 22.6. The van der Waals surface area contributed by atoms with Gasteiger partial charge in [0.1, 0.15) is 5.75 Å². The Kier molecular flexibility index (Phi) is 7.77. The van der Waals surface area contributed by atoms with Gasteiger partial charge in [-0.15, -0.1) is 0 Å². The fraction of sp³-hybridized carbons (Fsp3) is 0.517. The highest BCUT2D eigenvalue weighted by Crippen LogP contribution is 2.40. The lowest BCUT2D eigenvalue weighted by molar-refractivity contribution is 0.303. The second-order valence-electron chi connectivity index (χ2n) is 9.82. The predicted octanol–water partition coefficient (Wildman–Crippen LogP) is 8.74. The number of allylic oxidation sites excluding steroid dienone is 2. The Hall–Kier alpha value is -1.73. The number of benzene rings is 2. The average Bonchev–Trinajstić information content (AvgIpc) is 3.58. The quantitative estimate of drug-likeness (QED) is 0.282. The highest BCUT2D eigenvalue weighted by atomic mass is 35.5. The van der Waals surface area contributed by atoms with Crippen LogP contribution in [0, 0.1) is 11.8 Å². The van der Waals surface area contributed by atoms with Gasteiger partial charge in [0.25, 0.3) is 0 Å². The molecule has 1 nitrogen and oxygen atoms in total. The van der Waals surface area contributed by atoms with Crippen LogP contribution in [-0.4, -0.2) is 6.61 Å². The summed E-state index contributed by atoms with van der Waals surface area (Å²) in [6.45, 7) is 5.46. The molecule has 0 radical (unpaired) electrons. The van der Waals surface area contributed by atoms with E-state index in [1.807, 2.05) is 0 Å². The first kappa shape index (κ1) is 22.5. The van der Waals surface area contributed by atoms with Gasteiger partial charge in [-0.3, -0.25) is 0 Å². The van der Waals surface area contributed by atoms with Crippen molar-refractivity contribution in [2.45, 2.75) is 77.6 Å². The van der Waals surface area contributed by atoms with E-state index in [4.69, 9.17) is 16.3 Å². The zero-order chi connectivity index (χ0) is 21.6. The lowest BCUT2D eigenvalue weighted by atomic mass is 9.75. The minimum Gasteiger partial charge on any atom is -0.494 e. The van der Waals surface area contributed by atoms with E-state index in [1.165, 1.54) is 61.6 Å². The van der Waals surface area contributed by atoms with Crippen molar-refractivity contribution in [3.8, 4) is 5.75 Å². The molecule has 0 bridgehead atoms. The van der Waals surface area contributed by atoms with E-state index in [1.54, 1.807) is 5.57 Å². The van der Waals surface area contributed by atoms with Crippen LogP contribution in [0.2, 0.25) is 5.02 Å². The van der Waals surface area contributed by atoms with Gasteiger partial charge in [0.05, 0.1) is 6.61 Å². The smallest absolute Gasteiger partial charge is 0.119 e. The van der Waals surface area contributed by atoms with Crippen LogP contribution in [0.25, 0.3) is 0 Å². The Morgan fingerprint density at radius 1 is 1.06 bits per heavy atom. The van der Waals surface area contributed by atoms with Crippen molar-refractivity contribution in [1.29, 1.82) is 0 Å². The minimum atomic E-state index is 0.615. The molecule has 166 valence electrons. The van der Waals surface area contributed by atoms with Crippen molar-refractivity contribution in [2.24, 2.45) is 11.8 Å². The third kappa shape index (κ3) is 6.62. The third-order valence-electron chi connectivity index (χ3n) is 6.88. The Morgan fingerprint density at radius 3 is 2.61 bits per heavy atom. The SMILES string of the molecule is CC/C=C1\C[C@H](C)C[C@H](c2ccc(Cl)c(Cc3ccc(OCCCC4CC4)cc3)c2)C1. The van der Waals surface area contributed by atoms with Crippen molar-refractivity contribution in [1.82, 2.24) is 0 Å². The van der Waals surface area contributed by atoms with Gasteiger partial charge in [-0.05, 0) is 97.6 Å². The maximum Gasteiger partial charge on any atom is 0.119 e. The summed E-state index contributed by atoms with van der Waals surface area (Å²) in [5.74, 6) is 3.33. The van der Waals surface area contributed by atoms with Gasteiger partial charge in [-0.1, -0.05) is 74.2 Å². The second-order valence-corrected chi connectivity index (χ2v) is 10.2. The largest absolute Gasteiger partial charge is 0.494 e. The van der Waals surface area contributed by atoms with Crippen LogP contribution in [0.3, 0.4) is 0 Å². The van der Waals surface area contributed by atoms with Crippen molar-refractivity contribution in [3.63, 3.8) is 0 Å². The predicted molar refractivity (Wildman–Crippen MR) is 132 cm³/mol. The van der Waals surface area contributed by atoms with Crippen LogP contribution in [0.15, 0.2) is 54.1 Å². The molecule has 2 heteroatoms. The molecule has 31 heavy (non-hydrogen) atoms. The van der Waals surface area contributed by atoms with E-state index in [9.17, 15) is 0 Å². The number of rotatable bonds is 9. The van der Waals surface area contributed by atoms with E-state index in [0.717, 1.165) is 42.1 Å². The number of ether oxygens (including phenoxy) is 1. The minimum absolute atomic E-state index is 0.615. The summed E-state index contributed by atoms with van der Waals surface area (Å²) in [6.07, 6.45) is 13.5. The molecule has 0 aliphatic heterocycles.